The number of likely N-dealkylation sites (tertiary alicyclic amines) is 1. The first-order valence-corrected chi connectivity index (χ1v) is 8.49. The third-order valence-corrected chi connectivity index (χ3v) is 5.17. The van der Waals surface area contributed by atoms with E-state index >= 15 is 0 Å². The van der Waals surface area contributed by atoms with Gasteiger partial charge in [-0.1, -0.05) is 6.07 Å². The molecule has 3 rings (SSSR count). The maximum absolute atomic E-state index is 6.02. The van der Waals surface area contributed by atoms with Crippen LogP contribution >= 0.6 is 0 Å². The van der Waals surface area contributed by atoms with Crippen molar-refractivity contribution in [2.45, 2.75) is 51.9 Å². The molecule has 1 aromatic rings. The number of pyridine rings is 1. The molecule has 0 aromatic carbocycles. The predicted octanol–water partition coefficient (Wildman–Crippen LogP) is 2.88. The minimum atomic E-state index is 0.266. The molecule has 3 heterocycles. The van der Waals surface area contributed by atoms with E-state index in [1.807, 2.05) is 18.3 Å². The standard InChI is InChI=1S/C18H28N2O2/c1-15(2)20-8-5-18(6-9-20)10-17(22-14-18)13-21-12-16-4-3-7-19-11-16/h3-4,7,11,15,17H,5-6,8-10,12-14H2,1-2H3/t17-/m0/s1. The first kappa shape index (κ1) is 15.9. The molecular formula is C18H28N2O2. The maximum atomic E-state index is 6.02. The van der Waals surface area contributed by atoms with Gasteiger partial charge < -0.3 is 14.4 Å². The Morgan fingerprint density at radius 3 is 2.91 bits per heavy atom. The fourth-order valence-corrected chi connectivity index (χ4v) is 3.66. The Kier molecular flexibility index (Phi) is 5.11. The van der Waals surface area contributed by atoms with Crippen LogP contribution in [-0.2, 0) is 16.1 Å². The van der Waals surface area contributed by atoms with Crippen LogP contribution in [0.25, 0.3) is 0 Å². The molecule has 2 aliphatic heterocycles. The van der Waals surface area contributed by atoms with Gasteiger partial charge in [-0.15, -0.1) is 0 Å². The number of rotatable bonds is 5. The Balaban J connectivity index is 1.41. The van der Waals surface area contributed by atoms with E-state index in [-0.39, 0.29) is 6.10 Å². The summed E-state index contributed by atoms with van der Waals surface area (Å²) >= 11 is 0. The highest BCUT2D eigenvalue weighted by atomic mass is 16.5. The van der Waals surface area contributed by atoms with Crippen molar-refractivity contribution in [1.82, 2.24) is 9.88 Å². The third-order valence-electron chi connectivity index (χ3n) is 5.17. The first-order chi connectivity index (χ1) is 10.7. The quantitative estimate of drug-likeness (QED) is 0.838. The molecule has 1 spiro atoms. The molecule has 22 heavy (non-hydrogen) atoms. The molecule has 0 bridgehead atoms. The summed E-state index contributed by atoms with van der Waals surface area (Å²) in [5.41, 5.74) is 1.54. The van der Waals surface area contributed by atoms with Crippen LogP contribution < -0.4 is 0 Å². The summed E-state index contributed by atoms with van der Waals surface area (Å²) < 4.78 is 11.8. The van der Waals surface area contributed by atoms with E-state index < -0.39 is 0 Å². The lowest BCUT2D eigenvalue weighted by Crippen LogP contribution is -2.43. The molecule has 2 fully saturated rings. The van der Waals surface area contributed by atoms with Gasteiger partial charge in [0.1, 0.15) is 0 Å². The highest BCUT2D eigenvalue weighted by Crippen LogP contribution is 2.42. The lowest BCUT2D eigenvalue weighted by molar-refractivity contribution is 0.00584. The zero-order valence-corrected chi connectivity index (χ0v) is 13.8. The highest BCUT2D eigenvalue weighted by molar-refractivity contribution is 5.06. The van der Waals surface area contributed by atoms with E-state index in [0.717, 1.165) is 18.6 Å². The molecule has 0 aliphatic carbocycles. The van der Waals surface area contributed by atoms with Gasteiger partial charge in [-0.25, -0.2) is 0 Å². The van der Waals surface area contributed by atoms with Crippen LogP contribution in [0.15, 0.2) is 24.5 Å². The van der Waals surface area contributed by atoms with Crippen LogP contribution in [0.4, 0.5) is 0 Å². The van der Waals surface area contributed by atoms with Gasteiger partial charge in [0.05, 0.1) is 25.9 Å². The van der Waals surface area contributed by atoms with Crippen molar-refractivity contribution in [3.05, 3.63) is 30.1 Å². The minimum absolute atomic E-state index is 0.266. The Morgan fingerprint density at radius 2 is 2.23 bits per heavy atom. The molecule has 0 saturated carbocycles. The highest BCUT2D eigenvalue weighted by Gasteiger charge is 2.42. The monoisotopic (exact) mass is 304 g/mol. The third kappa shape index (κ3) is 3.86. The molecule has 1 aromatic heterocycles. The lowest BCUT2D eigenvalue weighted by atomic mass is 9.76. The molecule has 4 nitrogen and oxygen atoms in total. The molecule has 2 aliphatic rings. The number of aromatic nitrogens is 1. The molecule has 122 valence electrons. The molecule has 0 amide bonds. The average Bonchev–Trinajstić information content (AvgIpc) is 2.92. The van der Waals surface area contributed by atoms with E-state index in [2.05, 4.69) is 23.7 Å². The van der Waals surface area contributed by atoms with Crippen molar-refractivity contribution in [3.63, 3.8) is 0 Å². The minimum Gasteiger partial charge on any atom is -0.375 e. The van der Waals surface area contributed by atoms with Crippen molar-refractivity contribution in [2.24, 2.45) is 5.41 Å². The van der Waals surface area contributed by atoms with Crippen LogP contribution in [0.3, 0.4) is 0 Å². The topological polar surface area (TPSA) is 34.6 Å². The predicted molar refractivity (Wildman–Crippen MR) is 86.6 cm³/mol. The average molecular weight is 304 g/mol. The second kappa shape index (κ2) is 7.07. The van der Waals surface area contributed by atoms with Crippen LogP contribution in [0, 0.1) is 5.41 Å². The molecule has 1 atom stereocenters. The summed E-state index contributed by atoms with van der Waals surface area (Å²) in [5.74, 6) is 0. The van der Waals surface area contributed by atoms with Gasteiger partial charge >= 0.3 is 0 Å². The lowest BCUT2D eigenvalue weighted by Gasteiger charge is -2.40. The van der Waals surface area contributed by atoms with E-state index in [9.17, 15) is 0 Å². The van der Waals surface area contributed by atoms with Crippen LogP contribution in [0.2, 0.25) is 0 Å². The van der Waals surface area contributed by atoms with Crippen molar-refractivity contribution in [1.29, 1.82) is 0 Å². The van der Waals surface area contributed by atoms with E-state index in [1.165, 1.54) is 25.9 Å². The summed E-state index contributed by atoms with van der Waals surface area (Å²) in [6.07, 6.45) is 7.61. The fraction of sp³-hybridized carbons (Fsp3) is 0.722. The summed E-state index contributed by atoms with van der Waals surface area (Å²) in [7, 11) is 0. The van der Waals surface area contributed by atoms with Gasteiger partial charge in [-0.05, 0) is 63.2 Å². The van der Waals surface area contributed by atoms with Crippen LogP contribution in [0.5, 0.6) is 0 Å². The number of ether oxygens (including phenoxy) is 2. The number of hydrogen-bond acceptors (Lipinski definition) is 4. The Bertz CT molecular complexity index is 455. The summed E-state index contributed by atoms with van der Waals surface area (Å²) in [6, 6.07) is 4.66. The molecule has 2 saturated heterocycles. The van der Waals surface area contributed by atoms with Gasteiger partial charge in [0.25, 0.3) is 0 Å². The van der Waals surface area contributed by atoms with Crippen molar-refractivity contribution in [3.8, 4) is 0 Å². The van der Waals surface area contributed by atoms with Gasteiger partial charge in [-0.2, -0.15) is 0 Å². The smallest absolute Gasteiger partial charge is 0.0815 e. The first-order valence-electron chi connectivity index (χ1n) is 8.49. The summed E-state index contributed by atoms with van der Waals surface area (Å²) in [6.45, 7) is 9.25. The second-order valence-electron chi connectivity index (χ2n) is 7.14. The number of nitrogens with zero attached hydrogens (tertiary/aromatic N) is 2. The van der Waals surface area contributed by atoms with Crippen molar-refractivity contribution in [2.75, 3.05) is 26.3 Å². The molecule has 0 unspecified atom stereocenters. The van der Waals surface area contributed by atoms with E-state index in [1.54, 1.807) is 6.20 Å². The summed E-state index contributed by atoms with van der Waals surface area (Å²) in [5, 5.41) is 0. The Hall–Kier alpha value is -0.970. The van der Waals surface area contributed by atoms with E-state index in [4.69, 9.17) is 9.47 Å². The fourth-order valence-electron chi connectivity index (χ4n) is 3.66. The van der Waals surface area contributed by atoms with Crippen molar-refractivity contribution >= 4 is 0 Å². The van der Waals surface area contributed by atoms with Crippen LogP contribution in [0.1, 0.15) is 38.7 Å². The molecule has 4 heteroatoms. The normalized spacial score (nSPS) is 25.1. The number of hydrogen-bond donors (Lipinski definition) is 0. The zero-order chi connectivity index (χ0) is 15.4. The SMILES string of the molecule is CC(C)N1CCC2(CC1)CO[C@H](COCc1cccnc1)C2. The zero-order valence-electron chi connectivity index (χ0n) is 13.8. The second-order valence-corrected chi connectivity index (χ2v) is 7.14. The largest absolute Gasteiger partial charge is 0.375 e. The van der Waals surface area contributed by atoms with Gasteiger partial charge in [0.15, 0.2) is 0 Å². The molecular weight excluding hydrogens is 276 g/mol. The summed E-state index contributed by atoms with van der Waals surface area (Å²) in [4.78, 5) is 6.69. The van der Waals surface area contributed by atoms with Gasteiger partial charge in [0.2, 0.25) is 0 Å². The number of piperidine rings is 1. The Morgan fingerprint density at radius 1 is 1.41 bits per heavy atom. The van der Waals surface area contributed by atoms with E-state index in [0.29, 0.717) is 24.7 Å². The maximum Gasteiger partial charge on any atom is 0.0815 e. The molecule has 0 N–H and O–H groups in total. The van der Waals surface area contributed by atoms with Gasteiger partial charge in [-0.3, -0.25) is 4.98 Å². The van der Waals surface area contributed by atoms with Crippen molar-refractivity contribution < 1.29 is 9.47 Å². The van der Waals surface area contributed by atoms with Crippen LogP contribution in [-0.4, -0.2) is 48.3 Å². The Labute approximate surface area is 133 Å². The molecule has 0 radical (unpaired) electrons. The van der Waals surface area contributed by atoms with Gasteiger partial charge in [0, 0.05) is 18.4 Å².